The Bertz CT molecular complexity index is 1610. The van der Waals surface area contributed by atoms with Crippen LogP contribution >= 0.6 is 0 Å². The van der Waals surface area contributed by atoms with Gasteiger partial charge >= 0.3 is 5.97 Å². The number of aliphatic hydroxyl groups excluding tert-OH is 1. The van der Waals surface area contributed by atoms with Crippen molar-refractivity contribution in [2.75, 3.05) is 0 Å². The van der Waals surface area contributed by atoms with Gasteiger partial charge in [0.1, 0.15) is 18.1 Å². The summed E-state index contributed by atoms with van der Waals surface area (Å²) < 4.78 is 0. The van der Waals surface area contributed by atoms with Crippen molar-refractivity contribution in [1.82, 2.24) is 21.3 Å². The summed E-state index contributed by atoms with van der Waals surface area (Å²) in [5.41, 5.74) is 2.99. The molecular weight excluding hydrogens is 648 g/mol. The molecule has 6 atom stereocenters. The lowest BCUT2D eigenvalue weighted by molar-refractivity contribution is -0.143. The molecule has 0 saturated carbocycles. The van der Waals surface area contributed by atoms with E-state index in [9.17, 15) is 34.2 Å². The highest BCUT2D eigenvalue weighted by atomic mass is 16.4. The topological polar surface area (TPSA) is 174 Å². The zero-order chi connectivity index (χ0) is 37.7. The summed E-state index contributed by atoms with van der Waals surface area (Å²) >= 11 is 0. The summed E-state index contributed by atoms with van der Waals surface area (Å²) in [6, 6.07) is 21.8. The Balaban J connectivity index is 1.78. The van der Waals surface area contributed by atoms with Crippen LogP contribution in [0.5, 0.6) is 0 Å². The zero-order valence-electron chi connectivity index (χ0n) is 30.3. The van der Waals surface area contributed by atoms with Crippen LogP contribution in [0.4, 0.5) is 0 Å². The van der Waals surface area contributed by atoms with E-state index in [-0.39, 0.29) is 24.2 Å². The van der Waals surface area contributed by atoms with E-state index in [4.69, 9.17) is 0 Å². The minimum Gasteiger partial charge on any atom is -0.480 e. The van der Waals surface area contributed by atoms with E-state index in [1.165, 1.54) is 0 Å². The first kappa shape index (κ1) is 40.4. The maximum atomic E-state index is 13.8. The molecule has 0 aliphatic rings. The molecule has 6 N–H and O–H groups in total. The predicted molar refractivity (Wildman–Crippen MR) is 196 cm³/mol. The van der Waals surface area contributed by atoms with E-state index in [1.807, 2.05) is 73.7 Å². The molecule has 11 nitrogen and oxygen atoms in total. The van der Waals surface area contributed by atoms with E-state index in [0.717, 1.165) is 16.7 Å². The van der Waals surface area contributed by atoms with E-state index >= 15 is 0 Å². The molecule has 0 spiro atoms. The molecule has 4 amide bonds. The van der Waals surface area contributed by atoms with Gasteiger partial charge in [-0.05, 0) is 53.0 Å². The van der Waals surface area contributed by atoms with Crippen LogP contribution in [0.15, 0.2) is 84.9 Å². The van der Waals surface area contributed by atoms with Gasteiger partial charge in [-0.25, -0.2) is 4.79 Å². The average Bonchev–Trinajstić information content (AvgIpc) is 3.11. The van der Waals surface area contributed by atoms with Gasteiger partial charge in [-0.2, -0.15) is 0 Å². The first-order valence-electron chi connectivity index (χ1n) is 17.5. The van der Waals surface area contributed by atoms with Crippen molar-refractivity contribution < 1.29 is 34.2 Å². The normalized spacial score (nSPS) is 14.8. The zero-order valence-corrected chi connectivity index (χ0v) is 30.3. The quantitative estimate of drug-likeness (QED) is 0.115. The minimum absolute atomic E-state index is 0.183. The highest BCUT2D eigenvalue weighted by molar-refractivity contribution is 5.98. The number of carbonyl (C=O) groups is 5. The lowest BCUT2D eigenvalue weighted by Gasteiger charge is -2.30. The molecule has 0 fully saturated rings. The van der Waals surface area contributed by atoms with E-state index in [2.05, 4.69) is 21.3 Å². The van der Waals surface area contributed by atoms with Gasteiger partial charge in [-0.1, -0.05) is 121 Å². The number of carbonyl (C=O) groups excluding carboxylic acids is 4. The molecule has 0 heterocycles. The molecule has 274 valence electrons. The number of aliphatic hydroxyl groups is 1. The Morgan fingerprint density at radius 2 is 1.22 bits per heavy atom. The van der Waals surface area contributed by atoms with Crippen LogP contribution in [0.25, 0.3) is 11.1 Å². The fourth-order valence-corrected chi connectivity index (χ4v) is 5.68. The third kappa shape index (κ3) is 12.1. The molecular formula is C40H52N4O7. The molecule has 3 aromatic rings. The number of benzene rings is 3. The highest BCUT2D eigenvalue weighted by Gasteiger charge is 2.34. The van der Waals surface area contributed by atoms with Gasteiger partial charge in [0, 0.05) is 5.56 Å². The molecule has 0 aliphatic heterocycles. The summed E-state index contributed by atoms with van der Waals surface area (Å²) in [5.74, 6) is -4.45. The fraction of sp³-hybridized carbons (Fsp3) is 0.425. The average molecular weight is 701 g/mol. The lowest BCUT2D eigenvalue weighted by atomic mass is 9.95. The van der Waals surface area contributed by atoms with Crippen molar-refractivity contribution in [3.8, 4) is 11.1 Å². The summed E-state index contributed by atoms with van der Waals surface area (Å²) in [5, 5.41) is 31.9. The van der Waals surface area contributed by atoms with Crippen molar-refractivity contribution in [1.29, 1.82) is 0 Å². The van der Waals surface area contributed by atoms with Crippen LogP contribution in [0.1, 0.15) is 70.3 Å². The van der Waals surface area contributed by atoms with Crippen molar-refractivity contribution in [3.63, 3.8) is 0 Å². The smallest absolute Gasteiger partial charge is 0.326 e. The van der Waals surface area contributed by atoms with Gasteiger partial charge in [0.25, 0.3) is 5.91 Å². The van der Waals surface area contributed by atoms with E-state index in [0.29, 0.717) is 12.0 Å². The predicted octanol–water partition coefficient (Wildman–Crippen LogP) is 4.34. The fourth-order valence-electron chi connectivity index (χ4n) is 5.68. The van der Waals surface area contributed by atoms with Crippen LogP contribution in [-0.4, -0.2) is 70.1 Å². The van der Waals surface area contributed by atoms with Crippen LogP contribution in [-0.2, 0) is 25.6 Å². The second-order valence-corrected chi connectivity index (χ2v) is 13.7. The summed E-state index contributed by atoms with van der Waals surface area (Å²) in [7, 11) is 0. The van der Waals surface area contributed by atoms with Crippen LogP contribution in [0.3, 0.4) is 0 Å². The standard InChI is InChI=1S/C40H52N4O7/c1-7-26(6)36(39(49)44-35(25(4)5)40(50)51)42-33(46)23-32(45)31(21-27-15-10-8-11-16-27)41-38(48)34(24(2)3)43-37(47)30-20-14-19-29(22-30)28-17-12-9-13-18-28/h8-20,22,24-26,31-32,34-36,45H,7,21,23H2,1-6H3,(H,41,48)(H,42,46)(H,43,47)(H,44,49)(H,50,51)/t26-,31-,32-,34-,35-,36-/m0/s1. The summed E-state index contributed by atoms with van der Waals surface area (Å²) in [6.45, 7) is 10.6. The third-order valence-corrected chi connectivity index (χ3v) is 9.00. The highest BCUT2D eigenvalue weighted by Crippen LogP contribution is 2.20. The maximum Gasteiger partial charge on any atom is 0.326 e. The Hall–Kier alpha value is -5.03. The van der Waals surface area contributed by atoms with Crippen LogP contribution in [0.2, 0.25) is 0 Å². The number of rotatable bonds is 18. The second kappa shape index (κ2) is 19.4. The summed E-state index contributed by atoms with van der Waals surface area (Å²) in [6.07, 6.45) is -1.12. The van der Waals surface area contributed by atoms with Crippen LogP contribution < -0.4 is 21.3 Å². The number of hydrogen-bond donors (Lipinski definition) is 6. The first-order chi connectivity index (χ1) is 24.2. The molecule has 0 bridgehead atoms. The van der Waals surface area contributed by atoms with Crippen molar-refractivity contribution in [3.05, 3.63) is 96.1 Å². The largest absolute Gasteiger partial charge is 0.480 e. The number of aliphatic carboxylic acids is 1. The second-order valence-electron chi connectivity index (χ2n) is 13.7. The number of carboxylic acid groups (broad SMARTS) is 1. The maximum absolute atomic E-state index is 13.8. The minimum atomic E-state index is -1.37. The van der Waals surface area contributed by atoms with Gasteiger partial charge in [0.05, 0.1) is 18.6 Å². The summed E-state index contributed by atoms with van der Waals surface area (Å²) in [4.78, 5) is 65.4. The monoisotopic (exact) mass is 700 g/mol. The molecule has 0 aromatic heterocycles. The number of carboxylic acids is 1. The number of amides is 4. The van der Waals surface area contributed by atoms with Crippen molar-refractivity contribution >= 4 is 29.6 Å². The Kier molecular flexibility index (Phi) is 15.4. The van der Waals surface area contributed by atoms with Gasteiger partial charge < -0.3 is 31.5 Å². The van der Waals surface area contributed by atoms with Gasteiger partial charge in [-0.3, -0.25) is 19.2 Å². The Morgan fingerprint density at radius 1 is 0.647 bits per heavy atom. The van der Waals surface area contributed by atoms with E-state index in [1.54, 1.807) is 52.8 Å². The molecule has 0 unspecified atom stereocenters. The SMILES string of the molecule is CC[C@H](C)[C@H](NC(=O)C[C@H](O)[C@H](Cc1ccccc1)NC(=O)[C@@H](NC(=O)c1cccc(-c2ccccc2)c1)C(C)C)C(=O)N[C@H](C(=O)O)C(C)C. The molecule has 3 rings (SSSR count). The Morgan fingerprint density at radius 3 is 1.78 bits per heavy atom. The van der Waals surface area contributed by atoms with Crippen molar-refractivity contribution in [2.45, 2.75) is 91.1 Å². The number of nitrogens with one attached hydrogen (secondary N) is 4. The van der Waals surface area contributed by atoms with Gasteiger partial charge in [-0.15, -0.1) is 0 Å². The molecule has 11 heteroatoms. The Labute approximate surface area is 300 Å². The molecule has 0 radical (unpaired) electrons. The van der Waals surface area contributed by atoms with Gasteiger partial charge in [0.2, 0.25) is 17.7 Å². The first-order valence-corrected chi connectivity index (χ1v) is 17.5. The molecule has 0 saturated heterocycles. The molecule has 0 aliphatic carbocycles. The van der Waals surface area contributed by atoms with Crippen LogP contribution in [0, 0.1) is 17.8 Å². The van der Waals surface area contributed by atoms with Gasteiger partial charge in [0.15, 0.2) is 0 Å². The molecule has 3 aromatic carbocycles. The van der Waals surface area contributed by atoms with E-state index < -0.39 is 66.3 Å². The third-order valence-electron chi connectivity index (χ3n) is 9.00. The lowest BCUT2D eigenvalue weighted by Crippen LogP contribution is -2.57. The molecule has 51 heavy (non-hydrogen) atoms. The number of hydrogen-bond acceptors (Lipinski definition) is 6. The van der Waals surface area contributed by atoms with Crippen molar-refractivity contribution in [2.24, 2.45) is 17.8 Å².